The van der Waals surface area contributed by atoms with Gasteiger partial charge in [-0.2, -0.15) is 0 Å². The molecule has 1 amide bonds. The van der Waals surface area contributed by atoms with Crippen molar-refractivity contribution >= 4 is 28.6 Å². The van der Waals surface area contributed by atoms with Gasteiger partial charge in [-0.25, -0.2) is 0 Å². The number of nitro benzene ring substituents is 1. The van der Waals surface area contributed by atoms with Crippen molar-refractivity contribution in [2.24, 2.45) is 0 Å². The van der Waals surface area contributed by atoms with E-state index in [2.05, 4.69) is 10.6 Å². The lowest BCUT2D eigenvalue weighted by atomic mass is 10.1. The second kappa shape index (κ2) is 8.46. The number of nitrogens with one attached hydrogen (secondary N) is 2. The van der Waals surface area contributed by atoms with Crippen LogP contribution in [0.2, 0.25) is 0 Å². The van der Waals surface area contributed by atoms with Gasteiger partial charge in [0, 0.05) is 22.7 Å². The minimum Gasteiger partial charge on any atom is -0.376 e. The van der Waals surface area contributed by atoms with Crippen LogP contribution in [0, 0.1) is 17.0 Å². The Bertz CT molecular complexity index is 927. The van der Waals surface area contributed by atoms with E-state index in [0.29, 0.717) is 5.69 Å². The minimum absolute atomic E-state index is 0.00995. The number of anilines is 1. The van der Waals surface area contributed by atoms with Gasteiger partial charge in [-0.15, -0.1) is 11.3 Å². The zero-order valence-electron chi connectivity index (χ0n) is 14.7. The second-order valence-corrected chi connectivity index (χ2v) is 7.02. The number of non-ortho nitro benzene ring substituents is 1. The summed E-state index contributed by atoms with van der Waals surface area (Å²) in [4.78, 5) is 24.0. The number of nitro groups is 1. The highest BCUT2D eigenvalue weighted by Crippen LogP contribution is 2.26. The van der Waals surface area contributed by atoms with Crippen molar-refractivity contribution in [3.8, 4) is 0 Å². The number of amides is 1. The van der Waals surface area contributed by atoms with Crippen LogP contribution in [0.5, 0.6) is 0 Å². The summed E-state index contributed by atoms with van der Waals surface area (Å²) in [5, 5.41) is 18.9. The Hall–Kier alpha value is -3.19. The molecule has 3 rings (SSSR count). The number of benzene rings is 2. The first-order chi connectivity index (χ1) is 13.0. The molecule has 1 heterocycles. The maximum absolute atomic E-state index is 12.5. The van der Waals surface area contributed by atoms with E-state index in [0.717, 1.165) is 16.0 Å². The molecule has 0 fully saturated rings. The minimum atomic E-state index is -0.451. The summed E-state index contributed by atoms with van der Waals surface area (Å²) in [6.07, 6.45) is 0. The number of hydrogen-bond donors (Lipinski definition) is 2. The van der Waals surface area contributed by atoms with Crippen LogP contribution in [0.4, 0.5) is 11.4 Å². The van der Waals surface area contributed by atoms with Crippen molar-refractivity contribution in [3.05, 3.63) is 92.2 Å². The Kier molecular flexibility index (Phi) is 5.83. The molecule has 0 spiro atoms. The fourth-order valence-electron chi connectivity index (χ4n) is 2.72. The number of rotatable bonds is 7. The monoisotopic (exact) mass is 381 g/mol. The highest BCUT2D eigenvalue weighted by molar-refractivity contribution is 7.10. The van der Waals surface area contributed by atoms with E-state index >= 15 is 0 Å². The molecule has 27 heavy (non-hydrogen) atoms. The molecule has 3 aromatic rings. The van der Waals surface area contributed by atoms with Gasteiger partial charge in [-0.3, -0.25) is 14.9 Å². The normalized spacial score (nSPS) is 11.6. The maximum Gasteiger partial charge on any atom is 0.271 e. The van der Waals surface area contributed by atoms with Gasteiger partial charge in [0.2, 0.25) is 5.91 Å². The lowest BCUT2D eigenvalue weighted by Crippen LogP contribution is -2.33. The molecule has 1 atom stereocenters. The molecule has 2 N–H and O–H groups in total. The van der Waals surface area contributed by atoms with Crippen molar-refractivity contribution in [1.29, 1.82) is 0 Å². The lowest BCUT2D eigenvalue weighted by Gasteiger charge is -2.19. The van der Waals surface area contributed by atoms with Gasteiger partial charge in [-0.1, -0.05) is 42.5 Å². The molecule has 0 aliphatic rings. The summed E-state index contributed by atoms with van der Waals surface area (Å²) in [6.45, 7) is 1.86. The highest BCUT2D eigenvalue weighted by atomic mass is 32.1. The molecule has 0 aliphatic heterocycles. The first-order valence-electron chi connectivity index (χ1n) is 8.41. The molecular formula is C20H19N3O3S. The van der Waals surface area contributed by atoms with E-state index in [1.165, 1.54) is 12.1 Å². The molecule has 0 saturated heterocycles. The van der Waals surface area contributed by atoms with Gasteiger partial charge in [0.25, 0.3) is 5.69 Å². The summed E-state index contributed by atoms with van der Waals surface area (Å²) in [6, 6.07) is 18.0. The Morgan fingerprint density at radius 2 is 1.93 bits per heavy atom. The molecule has 1 unspecified atom stereocenters. The predicted octanol–water partition coefficient (Wildman–Crippen LogP) is 4.28. The molecular weight excluding hydrogens is 362 g/mol. The number of carbonyl (C=O) groups is 1. The molecule has 7 heteroatoms. The third-order valence-electron chi connectivity index (χ3n) is 4.14. The van der Waals surface area contributed by atoms with Crippen molar-refractivity contribution in [3.63, 3.8) is 0 Å². The fourth-order valence-corrected chi connectivity index (χ4v) is 3.52. The van der Waals surface area contributed by atoms with Crippen LogP contribution in [0.25, 0.3) is 0 Å². The number of thiophene rings is 1. The summed E-state index contributed by atoms with van der Waals surface area (Å²) in [5.41, 5.74) is 2.40. The van der Waals surface area contributed by atoms with Gasteiger partial charge in [0.1, 0.15) is 0 Å². The van der Waals surface area contributed by atoms with Crippen molar-refractivity contribution in [2.45, 2.75) is 13.0 Å². The predicted molar refractivity (Wildman–Crippen MR) is 107 cm³/mol. The number of carbonyl (C=O) groups excluding carboxylic acids is 1. The molecule has 0 bridgehead atoms. The van der Waals surface area contributed by atoms with Crippen molar-refractivity contribution < 1.29 is 9.72 Å². The molecule has 2 aromatic carbocycles. The summed E-state index contributed by atoms with van der Waals surface area (Å²) in [5.74, 6) is -0.192. The van der Waals surface area contributed by atoms with Crippen LogP contribution in [0.3, 0.4) is 0 Å². The quantitative estimate of drug-likeness (QED) is 0.472. The zero-order chi connectivity index (χ0) is 19.2. The average molecular weight is 381 g/mol. The number of nitrogens with zero attached hydrogens (tertiary/aromatic N) is 1. The zero-order valence-corrected chi connectivity index (χ0v) is 15.5. The van der Waals surface area contributed by atoms with Gasteiger partial charge >= 0.3 is 0 Å². The molecule has 0 saturated carbocycles. The summed E-state index contributed by atoms with van der Waals surface area (Å²) < 4.78 is 0. The standard InChI is InChI=1S/C20H19N3O3S/c1-14-9-10-16(23(25)26)12-17(14)21-13-19(24)22-20(18-8-5-11-27-18)15-6-3-2-4-7-15/h2-12,20-21H,13H2,1H3,(H,22,24). The van der Waals surface area contributed by atoms with Gasteiger partial charge in [0.05, 0.1) is 17.5 Å². The lowest BCUT2D eigenvalue weighted by molar-refractivity contribution is -0.384. The van der Waals surface area contributed by atoms with Crippen LogP contribution in [0.15, 0.2) is 66.0 Å². The fraction of sp³-hybridized carbons (Fsp3) is 0.150. The van der Waals surface area contributed by atoms with E-state index < -0.39 is 4.92 Å². The molecule has 6 nitrogen and oxygen atoms in total. The summed E-state index contributed by atoms with van der Waals surface area (Å²) >= 11 is 1.58. The highest BCUT2D eigenvalue weighted by Gasteiger charge is 2.18. The van der Waals surface area contributed by atoms with E-state index in [1.54, 1.807) is 17.4 Å². The molecule has 138 valence electrons. The smallest absolute Gasteiger partial charge is 0.271 e. The Morgan fingerprint density at radius 1 is 1.15 bits per heavy atom. The Balaban J connectivity index is 1.70. The van der Waals surface area contributed by atoms with Crippen LogP contribution in [-0.4, -0.2) is 17.4 Å². The SMILES string of the molecule is Cc1ccc([N+](=O)[O-])cc1NCC(=O)NC(c1ccccc1)c1cccs1. The van der Waals surface area contributed by atoms with Crippen LogP contribution < -0.4 is 10.6 Å². The average Bonchev–Trinajstić information content (AvgIpc) is 3.20. The van der Waals surface area contributed by atoms with Gasteiger partial charge in [-0.05, 0) is 29.5 Å². The third-order valence-corrected chi connectivity index (χ3v) is 5.07. The van der Waals surface area contributed by atoms with Crippen LogP contribution >= 0.6 is 11.3 Å². The van der Waals surface area contributed by atoms with E-state index in [-0.39, 0.29) is 24.2 Å². The van der Waals surface area contributed by atoms with E-state index in [9.17, 15) is 14.9 Å². The Morgan fingerprint density at radius 3 is 2.59 bits per heavy atom. The first-order valence-corrected chi connectivity index (χ1v) is 9.29. The van der Waals surface area contributed by atoms with Crippen LogP contribution in [-0.2, 0) is 4.79 Å². The van der Waals surface area contributed by atoms with E-state index in [1.807, 2.05) is 54.8 Å². The second-order valence-electron chi connectivity index (χ2n) is 6.04. The number of aryl methyl sites for hydroxylation is 1. The van der Waals surface area contributed by atoms with Gasteiger partial charge < -0.3 is 10.6 Å². The molecule has 0 aliphatic carbocycles. The van der Waals surface area contributed by atoms with Crippen molar-refractivity contribution in [1.82, 2.24) is 5.32 Å². The summed E-state index contributed by atoms with van der Waals surface area (Å²) in [7, 11) is 0. The third kappa shape index (κ3) is 4.71. The largest absolute Gasteiger partial charge is 0.376 e. The molecule has 0 radical (unpaired) electrons. The Labute approximate surface area is 161 Å². The van der Waals surface area contributed by atoms with Crippen molar-refractivity contribution in [2.75, 3.05) is 11.9 Å². The molecule has 1 aromatic heterocycles. The van der Waals surface area contributed by atoms with Gasteiger partial charge in [0.15, 0.2) is 0 Å². The number of hydrogen-bond acceptors (Lipinski definition) is 5. The maximum atomic E-state index is 12.5. The van der Waals surface area contributed by atoms with Crippen LogP contribution in [0.1, 0.15) is 22.0 Å². The first kappa shape index (κ1) is 18.6. The van der Waals surface area contributed by atoms with E-state index in [4.69, 9.17) is 0 Å². The topological polar surface area (TPSA) is 84.3 Å².